The minimum Gasteiger partial charge on any atom is -0.463 e. The third kappa shape index (κ3) is 11.6. The summed E-state index contributed by atoms with van der Waals surface area (Å²) in [7, 11) is -2.09. The van der Waals surface area contributed by atoms with E-state index in [9.17, 15) is 13.2 Å². The van der Waals surface area contributed by atoms with Crippen molar-refractivity contribution in [2.75, 3.05) is 7.05 Å². The molecule has 4 rings (SSSR count). The number of esters is 1. The fourth-order valence-corrected chi connectivity index (χ4v) is 4.09. The zero-order valence-electron chi connectivity index (χ0n) is 21.2. The van der Waals surface area contributed by atoms with E-state index in [0.717, 1.165) is 11.1 Å². The van der Waals surface area contributed by atoms with Gasteiger partial charge in [-0.25, -0.2) is 18.4 Å². The van der Waals surface area contributed by atoms with Crippen molar-refractivity contribution < 1.29 is 17.9 Å². The van der Waals surface area contributed by atoms with Crippen LogP contribution in [0.25, 0.3) is 0 Å². The molecule has 194 valence electrons. The molecule has 0 fully saturated rings. The lowest BCUT2D eigenvalue weighted by molar-refractivity contribution is -0.146. The van der Waals surface area contributed by atoms with Gasteiger partial charge < -0.3 is 4.74 Å². The van der Waals surface area contributed by atoms with Crippen molar-refractivity contribution in [1.82, 2.24) is 19.3 Å². The second-order valence-corrected chi connectivity index (χ2v) is 10.1. The van der Waals surface area contributed by atoms with Crippen molar-refractivity contribution in [3.05, 3.63) is 121 Å². The Kier molecular flexibility index (Phi) is 12.6. The molecule has 4 aromatic rings. The molecule has 37 heavy (non-hydrogen) atoms. The summed E-state index contributed by atoms with van der Waals surface area (Å²) < 4.78 is 31.5. The van der Waals surface area contributed by atoms with Gasteiger partial charge in [-0.2, -0.15) is 4.31 Å². The average Bonchev–Trinajstić information content (AvgIpc) is 2.91. The van der Waals surface area contributed by atoms with Crippen molar-refractivity contribution >= 4 is 16.0 Å². The highest BCUT2D eigenvalue weighted by molar-refractivity contribution is 7.89. The highest BCUT2D eigenvalue weighted by Gasteiger charge is 2.21. The van der Waals surface area contributed by atoms with Crippen LogP contribution in [0.5, 0.6) is 0 Å². The first-order valence-electron chi connectivity index (χ1n) is 11.6. The molecule has 0 saturated heterocycles. The average molecular weight is 521 g/mol. The molecule has 2 aromatic heterocycles. The smallest absolute Gasteiger partial charge is 0.310 e. The van der Waals surface area contributed by atoms with Gasteiger partial charge in [0.15, 0.2) is 0 Å². The van der Waals surface area contributed by atoms with E-state index in [1.807, 2.05) is 54.6 Å². The summed E-state index contributed by atoms with van der Waals surface area (Å²) in [6.45, 7) is 3.80. The molecule has 0 unspecified atom stereocenters. The Bertz CT molecular complexity index is 1190. The molecule has 2 aromatic carbocycles. The molecule has 0 aliphatic carbocycles. The van der Waals surface area contributed by atoms with E-state index in [2.05, 4.69) is 15.0 Å². The maximum absolute atomic E-state index is 12.5. The molecule has 0 N–H and O–H groups in total. The SMILES string of the molecule is CC(C)OC(=O)Cc1cccc(CN(C)S(=O)(=O)c2cccnc2)c1.c1ccccc1.c1cncnc1. The number of benzene rings is 2. The van der Waals surface area contributed by atoms with Gasteiger partial charge in [0.2, 0.25) is 10.0 Å². The topological polar surface area (TPSA) is 102 Å². The lowest BCUT2D eigenvalue weighted by Gasteiger charge is -2.17. The van der Waals surface area contributed by atoms with Gasteiger partial charge in [-0.05, 0) is 43.2 Å². The van der Waals surface area contributed by atoms with Crippen molar-refractivity contribution in [1.29, 1.82) is 0 Å². The molecule has 0 aliphatic heterocycles. The van der Waals surface area contributed by atoms with Crippen LogP contribution < -0.4 is 0 Å². The van der Waals surface area contributed by atoms with Gasteiger partial charge in [0.05, 0.1) is 12.5 Å². The van der Waals surface area contributed by atoms with E-state index in [0.29, 0.717) is 0 Å². The number of nitrogens with zero attached hydrogens (tertiary/aromatic N) is 4. The quantitative estimate of drug-likeness (QED) is 0.329. The van der Waals surface area contributed by atoms with Crippen LogP contribution in [0, 0.1) is 0 Å². The normalized spacial score (nSPS) is 10.5. The van der Waals surface area contributed by atoms with Gasteiger partial charge in [-0.3, -0.25) is 9.78 Å². The van der Waals surface area contributed by atoms with Crippen LogP contribution >= 0.6 is 0 Å². The maximum Gasteiger partial charge on any atom is 0.310 e. The summed E-state index contributed by atoms with van der Waals surface area (Å²) in [5.41, 5.74) is 1.58. The number of aromatic nitrogens is 3. The highest BCUT2D eigenvalue weighted by atomic mass is 32.2. The number of pyridine rings is 1. The first-order valence-corrected chi connectivity index (χ1v) is 13.1. The van der Waals surface area contributed by atoms with Gasteiger partial charge in [0.25, 0.3) is 0 Å². The van der Waals surface area contributed by atoms with Crippen LogP contribution in [0.2, 0.25) is 0 Å². The summed E-state index contributed by atoms with van der Waals surface area (Å²) in [6.07, 6.45) is 7.72. The van der Waals surface area contributed by atoms with Crippen molar-refractivity contribution in [2.24, 2.45) is 0 Å². The van der Waals surface area contributed by atoms with Crippen LogP contribution in [0.3, 0.4) is 0 Å². The van der Waals surface area contributed by atoms with E-state index in [1.54, 1.807) is 44.4 Å². The summed E-state index contributed by atoms with van der Waals surface area (Å²) in [5.74, 6) is -0.302. The lowest BCUT2D eigenvalue weighted by atomic mass is 10.1. The number of ether oxygens (including phenoxy) is 1. The minimum absolute atomic E-state index is 0.147. The molecule has 9 heteroatoms. The maximum atomic E-state index is 12.5. The molecule has 2 heterocycles. The third-order valence-electron chi connectivity index (χ3n) is 4.60. The summed E-state index contributed by atoms with van der Waals surface area (Å²) in [5, 5.41) is 0. The molecule has 0 spiro atoms. The fourth-order valence-electron chi connectivity index (χ4n) is 2.97. The summed E-state index contributed by atoms with van der Waals surface area (Å²) in [4.78, 5) is 23.1. The second-order valence-electron chi connectivity index (χ2n) is 8.04. The Morgan fingerprint density at radius 3 is 1.92 bits per heavy atom. The number of hydrogen-bond acceptors (Lipinski definition) is 7. The first-order chi connectivity index (χ1) is 17.8. The van der Waals surface area contributed by atoms with Gasteiger partial charge in [-0.15, -0.1) is 0 Å². The molecule has 0 atom stereocenters. The molecule has 8 nitrogen and oxygen atoms in total. The van der Waals surface area contributed by atoms with Crippen LogP contribution in [-0.4, -0.2) is 46.8 Å². The molecule has 0 bridgehead atoms. The van der Waals surface area contributed by atoms with E-state index >= 15 is 0 Å². The van der Waals surface area contributed by atoms with Crippen LogP contribution in [0.4, 0.5) is 0 Å². The highest BCUT2D eigenvalue weighted by Crippen LogP contribution is 2.16. The molecule has 0 amide bonds. The number of carbonyl (C=O) groups is 1. The second kappa shape index (κ2) is 15.9. The Labute approximate surface area is 219 Å². The Morgan fingerprint density at radius 2 is 1.43 bits per heavy atom. The first kappa shape index (κ1) is 29.3. The lowest BCUT2D eigenvalue weighted by Crippen LogP contribution is -2.26. The fraction of sp³-hybridized carbons (Fsp3) is 0.214. The van der Waals surface area contributed by atoms with Crippen LogP contribution in [-0.2, 0) is 32.5 Å². The Balaban J connectivity index is 0.000000323. The standard InChI is InChI=1S/C18H22N2O4S.C6H6.C4H4N2/c1-14(2)24-18(21)11-15-6-4-7-16(10-15)13-20(3)25(22,23)17-8-5-9-19-12-17;1-2-4-6-5-3-1;1-2-5-4-6-3-1/h4-10,12,14H,11,13H2,1-3H3;1-6H;1-4H. The Morgan fingerprint density at radius 1 is 0.838 bits per heavy atom. The largest absolute Gasteiger partial charge is 0.463 e. The van der Waals surface area contributed by atoms with Gasteiger partial charge in [-0.1, -0.05) is 60.7 Å². The zero-order valence-corrected chi connectivity index (χ0v) is 22.0. The number of hydrogen-bond donors (Lipinski definition) is 0. The monoisotopic (exact) mass is 520 g/mol. The molecule has 0 radical (unpaired) electrons. The van der Waals surface area contributed by atoms with E-state index in [-0.39, 0.29) is 29.9 Å². The minimum atomic E-state index is -3.61. The van der Waals surface area contributed by atoms with E-state index in [1.165, 1.54) is 36.1 Å². The summed E-state index contributed by atoms with van der Waals surface area (Å²) >= 11 is 0. The van der Waals surface area contributed by atoms with Crippen molar-refractivity contribution in [2.45, 2.75) is 37.8 Å². The molecular formula is C28H32N4O4S. The molecule has 0 aliphatic rings. The number of rotatable bonds is 7. The van der Waals surface area contributed by atoms with Crippen molar-refractivity contribution in [3.63, 3.8) is 0 Å². The third-order valence-corrected chi connectivity index (χ3v) is 6.39. The molecule has 0 saturated carbocycles. The predicted molar refractivity (Wildman–Crippen MR) is 143 cm³/mol. The Hall–Kier alpha value is -3.95. The molecular weight excluding hydrogens is 488 g/mol. The van der Waals surface area contributed by atoms with Crippen LogP contribution in [0.15, 0.2) is 115 Å². The zero-order chi connectivity index (χ0) is 26.9. The van der Waals surface area contributed by atoms with Crippen LogP contribution in [0.1, 0.15) is 25.0 Å². The number of sulfonamides is 1. The van der Waals surface area contributed by atoms with Gasteiger partial charge in [0.1, 0.15) is 11.2 Å². The van der Waals surface area contributed by atoms with E-state index in [4.69, 9.17) is 4.74 Å². The van der Waals surface area contributed by atoms with Gasteiger partial charge in [0, 0.05) is 38.4 Å². The summed E-state index contributed by atoms with van der Waals surface area (Å²) in [6, 6.07) is 24.1. The number of carbonyl (C=O) groups excluding carboxylic acids is 1. The predicted octanol–water partition coefficient (Wildman–Crippen LogP) is 4.56. The van der Waals surface area contributed by atoms with Crippen molar-refractivity contribution in [3.8, 4) is 0 Å². The van der Waals surface area contributed by atoms with Gasteiger partial charge >= 0.3 is 5.97 Å². The van der Waals surface area contributed by atoms with E-state index < -0.39 is 10.0 Å².